The molecule has 0 bridgehead atoms. The zero-order valence-electron chi connectivity index (χ0n) is 12.4. The first-order valence-electron chi connectivity index (χ1n) is 6.83. The number of amides is 1. The van der Waals surface area contributed by atoms with E-state index in [4.69, 9.17) is 0 Å². The number of nitrogens with zero attached hydrogens (tertiary/aromatic N) is 1. The van der Waals surface area contributed by atoms with Gasteiger partial charge in [0, 0.05) is 22.1 Å². The number of methoxy groups -OCH3 is 1. The van der Waals surface area contributed by atoms with E-state index in [0.29, 0.717) is 5.56 Å². The van der Waals surface area contributed by atoms with E-state index >= 15 is 0 Å². The number of carbonyl (C=O) groups excluding carboxylic acids is 2. The minimum atomic E-state index is -0.355. The molecule has 1 aromatic heterocycles. The topological polar surface area (TPSA) is 68.3 Å². The largest absolute Gasteiger partial charge is 0.469 e. The molecule has 0 unspecified atom stereocenters. The highest BCUT2D eigenvalue weighted by Gasteiger charge is 2.12. The van der Waals surface area contributed by atoms with Crippen LogP contribution in [-0.2, 0) is 9.53 Å². The molecule has 7 heteroatoms. The lowest BCUT2D eigenvalue weighted by atomic mass is 10.2. The number of hydrogen-bond donors (Lipinski definition) is 1. The monoisotopic (exact) mass is 394 g/mol. The molecule has 0 atom stereocenters. The summed E-state index contributed by atoms with van der Waals surface area (Å²) in [6, 6.07) is 11.0. The van der Waals surface area contributed by atoms with Gasteiger partial charge < -0.3 is 10.1 Å². The number of ether oxygens (including phenoxy) is 1. The molecule has 23 heavy (non-hydrogen) atoms. The molecule has 2 rings (SSSR count). The highest BCUT2D eigenvalue weighted by atomic mass is 79.9. The van der Waals surface area contributed by atoms with Crippen LogP contribution < -0.4 is 5.32 Å². The molecule has 120 valence electrons. The maximum absolute atomic E-state index is 12.3. The molecular formula is C16H15BrN2O3S. The first-order chi connectivity index (χ1) is 11.1. The van der Waals surface area contributed by atoms with Gasteiger partial charge in [-0.1, -0.05) is 23.9 Å². The van der Waals surface area contributed by atoms with Crippen molar-refractivity contribution < 1.29 is 14.3 Å². The Hall–Kier alpha value is -1.86. The second-order valence-electron chi connectivity index (χ2n) is 4.49. The Morgan fingerprint density at radius 1 is 1.26 bits per heavy atom. The Kier molecular flexibility index (Phi) is 6.61. The number of benzene rings is 1. The molecule has 0 aliphatic heterocycles. The van der Waals surface area contributed by atoms with Crippen LogP contribution in [0.5, 0.6) is 0 Å². The summed E-state index contributed by atoms with van der Waals surface area (Å²) in [6.45, 7) is 0.237. The zero-order valence-corrected chi connectivity index (χ0v) is 14.8. The quantitative estimate of drug-likeness (QED) is 0.761. The summed E-state index contributed by atoms with van der Waals surface area (Å²) in [7, 11) is 1.32. The first kappa shape index (κ1) is 17.5. The van der Waals surface area contributed by atoms with E-state index in [2.05, 4.69) is 31.0 Å². The van der Waals surface area contributed by atoms with Crippen LogP contribution in [0.25, 0.3) is 0 Å². The van der Waals surface area contributed by atoms with Gasteiger partial charge >= 0.3 is 5.97 Å². The lowest BCUT2D eigenvalue weighted by Crippen LogP contribution is -2.26. The fourth-order valence-electron chi connectivity index (χ4n) is 1.75. The average molecular weight is 395 g/mol. The zero-order chi connectivity index (χ0) is 16.7. The Morgan fingerprint density at radius 3 is 2.74 bits per heavy atom. The van der Waals surface area contributed by atoms with Gasteiger partial charge in [-0.25, -0.2) is 4.98 Å². The van der Waals surface area contributed by atoms with Crippen molar-refractivity contribution in [3.63, 3.8) is 0 Å². The van der Waals surface area contributed by atoms with E-state index in [0.717, 1.165) is 14.4 Å². The molecule has 0 aliphatic rings. The van der Waals surface area contributed by atoms with Crippen molar-refractivity contribution in [2.45, 2.75) is 16.3 Å². The van der Waals surface area contributed by atoms with Crippen molar-refractivity contribution in [1.29, 1.82) is 0 Å². The van der Waals surface area contributed by atoms with Crippen LogP contribution in [0, 0.1) is 0 Å². The van der Waals surface area contributed by atoms with Crippen LogP contribution in [0.1, 0.15) is 16.8 Å². The van der Waals surface area contributed by atoms with Crippen LogP contribution in [0.2, 0.25) is 0 Å². The molecule has 0 spiro atoms. The van der Waals surface area contributed by atoms with Crippen LogP contribution in [0.4, 0.5) is 0 Å². The van der Waals surface area contributed by atoms with Crippen LogP contribution in [0.3, 0.4) is 0 Å². The third-order valence-corrected chi connectivity index (χ3v) is 4.38. The molecule has 0 fully saturated rings. The van der Waals surface area contributed by atoms with E-state index in [1.54, 1.807) is 18.3 Å². The number of hydrogen-bond acceptors (Lipinski definition) is 5. The fraction of sp³-hybridized carbons (Fsp3) is 0.188. The molecule has 1 amide bonds. The van der Waals surface area contributed by atoms with Crippen LogP contribution >= 0.6 is 27.7 Å². The third-order valence-electron chi connectivity index (χ3n) is 2.89. The fourth-order valence-corrected chi connectivity index (χ4v) is 2.87. The smallest absolute Gasteiger partial charge is 0.307 e. The van der Waals surface area contributed by atoms with Gasteiger partial charge in [-0.2, -0.15) is 0 Å². The van der Waals surface area contributed by atoms with Crippen molar-refractivity contribution >= 4 is 39.6 Å². The Bertz CT molecular complexity index is 692. The summed E-state index contributed by atoms with van der Waals surface area (Å²) in [5, 5.41) is 3.51. The SMILES string of the molecule is COC(=O)CCNC(=O)c1ccccc1Sc1ccc(Br)cn1. The van der Waals surface area contributed by atoms with Gasteiger partial charge in [0.25, 0.3) is 5.91 Å². The van der Waals surface area contributed by atoms with Gasteiger partial charge in [0.05, 0.1) is 19.1 Å². The number of carbonyl (C=O) groups is 2. The second-order valence-corrected chi connectivity index (χ2v) is 6.47. The van der Waals surface area contributed by atoms with Crippen LogP contribution in [0.15, 0.2) is 57.0 Å². The molecule has 0 saturated heterocycles. The highest BCUT2D eigenvalue weighted by Crippen LogP contribution is 2.29. The van der Waals surface area contributed by atoms with E-state index in [1.165, 1.54) is 18.9 Å². The van der Waals surface area contributed by atoms with E-state index in [-0.39, 0.29) is 24.8 Å². The molecule has 1 aromatic carbocycles. The summed E-state index contributed by atoms with van der Waals surface area (Å²) < 4.78 is 5.44. The van der Waals surface area contributed by atoms with Crippen LogP contribution in [-0.4, -0.2) is 30.5 Å². The molecule has 5 nitrogen and oxygen atoms in total. The van der Waals surface area contributed by atoms with Gasteiger partial charge in [0.1, 0.15) is 5.03 Å². The number of aromatic nitrogens is 1. The molecule has 1 heterocycles. The summed E-state index contributed by atoms with van der Waals surface area (Å²) in [4.78, 5) is 28.4. The van der Waals surface area contributed by atoms with E-state index in [1.807, 2.05) is 24.3 Å². The Labute approximate surface area is 147 Å². The number of esters is 1. The first-order valence-corrected chi connectivity index (χ1v) is 8.44. The minimum Gasteiger partial charge on any atom is -0.469 e. The number of halogens is 1. The predicted octanol–water partition coefficient (Wildman–Crippen LogP) is 3.29. The van der Waals surface area contributed by atoms with Gasteiger partial charge in [-0.05, 0) is 40.2 Å². The van der Waals surface area contributed by atoms with E-state index in [9.17, 15) is 9.59 Å². The number of rotatable bonds is 6. The van der Waals surface area contributed by atoms with Gasteiger partial charge in [0.2, 0.25) is 0 Å². The van der Waals surface area contributed by atoms with Crippen molar-refractivity contribution in [1.82, 2.24) is 10.3 Å². The van der Waals surface area contributed by atoms with Gasteiger partial charge in [-0.3, -0.25) is 9.59 Å². The maximum atomic E-state index is 12.3. The third kappa shape index (κ3) is 5.37. The van der Waals surface area contributed by atoms with Crippen molar-refractivity contribution in [2.75, 3.05) is 13.7 Å². The summed E-state index contributed by atoms with van der Waals surface area (Å²) in [5.41, 5.74) is 0.548. The maximum Gasteiger partial charge on any atom is 0.307 e. The Balaban J connectivity index is 2.06. The summed E-state index contributed by atoms with van der Waals surface area (Å²) >= 11 is 4.75. The summed E-state index contributed by atoms with van der Waals surface area (Å²) in [6.07, 6.45) is 1.85. The number of pyridine rings is 1. The van der Waals surface area contributed by atoms with Gasteiger partial charge in [0.15, 0.2) is 0 Å². The van der Waals surface area contributed by atoms with Gasteiger partial charge in [-0.15, -0.1) is 0 Å². The van der Waals surface area contributed by atoms with Crippen molar-refractivity contribution in [3.05, 3.63) is 52.6 Å². The normalized spacial score (nSPS) is 10.2. The highest BCUT2D eigenvalue weighted by molar-refractivity contribution is 9.10. The molecular weight excluding hydrogens is 380 g/mol. The average Bonchev–Trinajstić information content (AvgIpc) is 2.57. The molecule has 1 N–H and O–H groups in total. The standard InChI is InChI=1S/C16H15BrN2O3S/c1-22-15(20)8-9-18-16(21)12-4-2-3-5-13(12)23-14-7-6-11(17)10-19-14/h2-7,10H,8-9H2,1H3,(H,18,21). The number of nitrogens with one attached hydrogen (secondary N) is 1. The minimum absolute atomic E-state index is 0.145. The second kappa shape index (κ2) is 8.69. The lowest BCUT2D eigenvalue weighted by Gasteiger charge is -2.09. The predicted molar refractivity (Wildman–Crippen MR) is 91.5 cm³/mol. The molecule has 2 aromatic rings. The molecule has 0 radical (unpaired) electrons. The van der Waals surface area contributed by atoms with Crippen molar-refractivity contribution in [3.8, 4) is 0 Å². The summed E-state index contributed by atoms with van der Waals surface area (Å²) in [5.74, 6) is -0.582. The molecule has 0 saturated carbocycles. The Morgan fingerprint density at radius 2 is 2.04 bits per heavy atom. The lowest BCUT2D eigenvalue weighted by molar-refractivity contribution is -0.140. The van der Waals surface area contributed by atoms with Crippen molar-refractivity contribution in [2.24, 2.45) is 0 Å². The molecule has 0 aliphatic carbocycles. The van der Waals surface area contributed by atoms with E-state index < -0.39 is 0 Å².